The van der Waals surface area contributed by atoms with Crippen molar-refractivity contribution in [2.75, 3.05) is 20.1 Å². The van der Waals surface area contributed by atoms with Crippen molar-refractivity contribution < 1.29 is 31.7 Å². The standard InChI is InChI=1S/C6H8N2O3.ClH/c1-7-2-3-8(4-9)6(11)5(7)10;/h4H,2-3H2,1H3;1H. The first-order chi connectivity index (χ1) is 5.16. The van der Waals surface area contributed by atoms with Gasteiger partial charge in [-0.3, -0.25) is 4.79 Å². The summed E-state index contributed by atoms with van der Waals surface area (Å²) in [6, 6.07) is 0. The van der Waals surface area contributed by atoms with E-state index in [1.54, 1.807) is 7.05 Å². The Labute approximate surface area is 75.7 Å². The Bertz CT molecular complexity index is 219. The molecule has 0 spiro atoms. The zero-order valence-corrected chi connectivity index (χ0v) is 7.30. The van der Waals surface area contributed by atoms with Gasteiger partial charge in [-0.05, 0) is 0 Å². The van der Waals surface area contributed by atoms with Crippen LogP contribution in [0, 0.1) is 0 Å². The maximum atomic E-state index is 10.9. The Hall–Kier alpha value is -0.940. The van der Waals surface area contributed by atoms with Gasteiger partial charge in [-0.1, -0.05) is 0 Å². The quantitative estimate of drug-likeness (QED) is 0.333. The van der Waals surface area contributed by atoms with E-state index in [-0.39, 0.29) is 17.3 Å². The fourth-order valence-electron chi connectivity index (χ4n) is 0.926. The van der Waals surface area contributed by atoms with Crippen LogP contribution in [0.3, 0.4) is 0 Å². The zero-order valence-electron chi connectivity index (χ0n) is 6.54. The lowest BCUT2D eigenvalue weighted by Crippen LogP contribution is -3.17. The van der Waals surface area contributed by atoms with E-state index in [4.69, 9.17) is 0 Å². The van der Waals surface area contributed by atoms with E-state index >= 15 is 0 Å². The van der Waals surface area contributed by atoms with Gasteiger partial charge in [0.15, 0.2) is 0 Å². The molecule has 6 heteroatoms. The summed E-state index contributed by atoms with van der Waals surface area (Å²) >= 11 is 0. The lowest BCUT2D eigenvalue weighted by atomic mass is 10.3. The number of hydrogen-bond donors (Lipinski definition) is 1. The Kier molecular flexibility index (Phi) is 3.85. The molecule has 3 amide bonds. The third-order valence-corrected chi connectivity index (χ3v) is 1.69. The number of nitrogens with one attached hydrogen (secondary N) is 1. The minimum absolute atomic E-state index is 0. The molecule has 1 fully saturated rings. The predicted molar refractivity (Wildman–Crippen MR) is 34.5 cm³/mol. The molecule has 0 aromatic rings. The second-order valence-corrected chi connectivity index (χ2v) is 2.45. The molecule has 68 valence electrons. The van der Waals surface area contributed by atoms with Crippen molar-refractivity contribution in [1.82, 2.24) is 4.90 Å². The van der Waals surface area contributed by atoms with E-state index < -0.39 is 11.8 Å². The van der Waals surface area contributed by atoms with Crippen LogP contribution in [0.1, 0.15) is 0 Å². The minimum atomic E-state index is -0.659. The average Bonchev–Trinajstić information content (AvgIpc) is 2.01. The summed E-state index contributed by atoms with van der Waals surface area (Å²) in [4.78, 5) is 33.4. The molecule has 5 nitrogen and oxygen atoms in total. The Morgan fingerprint density at radius 3 is 2.58 bits per heavy atom. The third-order valence-electron chi connectivity index (χ3n) is 1.69. The summed E-state index contributed by atoms with van der Waals surface area (Å²) in [7, 11) is 1.54. The second kappa shape index (κ2) is 4.18. The molecule has 1 heterocycles. The summed E-state index contributed by atoms with van der Waals surface area (Å²) < 4.78 is 0. The van der Waals surface area contributed by atoms with Crippen molar-refractivity contribution in [2.24, 2.45) is 0 Å². The number of hydrogen-bond acceptors (Lipinski definition) is 3. The Balaban J connectivity index is 0.00000121. The highest BCUT2D eigenvalue weighted by molar-refractivity contribution is 6.32. The molecule has 0 saturated carbocycles. The van der Waals surface area contributed by atoms with Crippen LogP contribution in [0.25, 0.3) is 0 Å². The molecule has 1 aliphatic rings. The van der Waals surface area contributed by atoms with Crippen LogP contribution in [0.4, 0.5) is 0 Å². The van der Waals surface area contributed by atoms with Crippen LogP contribution in [-0.2, 0) is 14.4 Å². The highest BCUT2D eigenvalue weighted by Crippen LogP contribution is 1.85. The summed E-state index contributed by atoms with van der Waals surface area (Å²) in [5, 5.41) is 0. The van der Waals surface area contributed by atoms with Crippen LogP contribution in [0.5, 0.6) is 0 Å². The van der Waals surface area contributed by atoms with E-state index in [9.17, 15) is 14.4 Å². The number of imide groups is 1. The summed E-state index contributed by atoms with van der Waals surface area (Å²) in [5.74, 6) is -1.24. The Morgan fingerprint density at radius 2 is 2.08 bits per heavy atom. The molecule has 0 aromatic carbocycles. The predicted octanol–water partition coefficient (Wildman–Crippen LogP) is -5.97. The lowest BCUT2D eigenvalue weighted by molar-refractivity contribution is -0.727. The number of amides is 3. The van der Waals surface area contributed by atoms with Crippen molar-refractivity contribution in [2.45, 2.75) is 0 Å². The largest absolute Gasteiger partial charge is 1.00 e. The van der Waals surface area contributed by atoms with Gasteiger partial charge >= 0.3 is 18.2 Å². The number of likely N-dealkylation sites (N-methyl/N-ethyl adjacent to an activating group) is 1. The van der Waals surface area contributed by atoms with Crippen molar-refractivity contribution in [3.63, 3.8) is 0 Å². The highest BCUT2D eigenvalue weighted by atomic mass is 35.5. The van der Waals surface area contributed by atoms with Gasteiger partial charge in [-0.25, -0.2) is 14.5 Å². The topological polar surface area (TPSA) is 58.9 Å². The molecular weight excluding hydrogens is 184 g/mol. The molecule has 0 aromatic heterocycles. The lowest BCUT2D eigenvalue weighted by Gasteiger charge is -2.22. The van der Waals surface area contributed by atoms with Gasteiger partial charge in [-0.15, -0.1) is 0 Å². The summed E-state index contributed by atoms with van der Waals surface area (Å²) in [5.41, 5.74) is 0. The van der Waals surface area contributed by atoms with Crippen molar-refractivity contribution >= 4 is 18.2 Å². The smallest absolute Gasteiger partial charge is 0.409 e. The molecule has 0 radical (unpaired) electrons. The first-order valence-corrected chi connectivity index (χ1v) is 3.27. The molecule has 1 rings (SSSR count). The van der Waals surface area contributed by atoms with Crippen LogP contribution in [0.2, 0.25) is 0 Å². The van der Waals surface area contributed by atoms with Gasteiger partial charge in [0, 0.05) is 7.05 Å². The Morgan fingerprint density at radius 1 is 1.50 bits per heavy atom. The van der Waals surface area contributed by atoms with E-state index in [1.165, 1.54) is 4.90 Å². The molecule has 0 bridgehead atoms. The molecule has 1 unspecified atom stereocenters. The maximum absolute atomic E-state index is 10.9. The molecule has 0 aliphatic carbocycles. The van der Waals surface area contributed by atoms with Gasteiger partial charge in [0.2, 0.25) is 0 Å². The molecule has 1 N–H and O–H groups in total. The first-order valence-electron chi connectivity index (χ1n) is 3.27. The van der Waals surface area contributed by atoms with Crippen molar-refractivity contribution in [3.05, 3.63) is 0 Å². The van der Waals surface area contributed by atoms with E-state index in [2.05, 4.69) is 0 Å². The van der Waals surface area contributed by atoms with Crippen LogP contribution in [-0.4, -0.2) is 43.3 Å². The zero-order chi connectivity index (χ0) is 8.43. The van der Waals surface area contributed by atoms with E-state index in [0.717, 1.165) is 0 Å². The average molecular weight is 193 g/mol. The first kappa shape index (κ1) is 11.1. The fraction of sp³-hybridized carbons (Fsp3) is 0.500. The number of carbonyl (C=O) groups excluding carboxylic acids is 3. The SMILES string of the molecule is CN1CC[NH+](C=O)C(=O)C1=O.[Cl-]. The van der Waals surface area contributed by atoms with Crippen molar-refractivity contribution in [1.29, 1.82) is 0 Å². The maximum Gasteiger partial charge on any atom is 0.409 e. The molecule has 1 aliphatic heterocycles. The van der Waals surface area contributed by atoms with Gasteiger partial charge in [0.05, 0.1) is 6.54 Å². The number of rotatable bonds is 1. The number of nitrogens with zero attached hydrogens (tertiary/aromatic N) is 1. The van der Waals surface area contributed by atoms with Gasteiger partial charge in [0.25, 0.3) is 0 Å². The molecule has 1 saturated heterocycles. The number of piperazine rings is 1. The number of halogens is 1. The van der Waals surface area contributed by atoms with Crippen LogP contribution < -0.4 is 17.3 Å². The van der Waals surface area contributed by atoms with E-state index in [1.807, 2.05) is 0 Å². The molecule has 12 heavy (non-hydrogen) atoms. The molecule has 1 atom stereocenters. The summed E-state index contributed by atoms with van der Waals surface area (Å²) in [6.07, 6.45) is 0.466. The van der Waals surface area contributed by atoms with Gasteiger partial charge in [0.1, 0.15) is 6.54 Å². The van der Waals surface area contributed by atoms with Crippen LogP contribution >= 0.6 is 0 Å². The highest BCUT2D eigenvalue weighted by Gasteiger charge is 2.35. The normalized spacial score (nSPS) is 23.4. The number of carbonyl (C=O) groups is 3. The molecular formula is C6H9ClN2O3. The minimum Gasteiger partial charge on any atom is -1.00 e. The number of quaternary nitrogens is 1. The third kappa shape index (κ3) is 1.80. The monoisotopic (exact) mass is 192 g/mol. The van der Waals surface area contributed by atoms with Crippen LogP contribution in [0.15, 0.2) is 0 Å². The fourth-order valence-corrected chi connectivity index (χ4v) is 0.926. The van der Waals surface area contributed by atoms with Gasteiger partial charge in [-0.2, -0.15) is 0 Å². The second-order valence-electron chi connectivity index (χ2n) is 2.45. The van der Waals surface area contributed by atoms with Crippen molar-refractivity contribution in [3.8, 4) is 0 Å². The van der Waals surface area contributed by atoms with Gasteiger partial charge < -0.3 is 17.3 Å². The summed E-state index contributed by atoms with van der Waals surface area (Å²) in [6.45, 7) is 0.837. The van der Waals surface area contributed by atoms with E-state index in [0.29, 0.717) is 19.5 Å².